The molecule has 1 saturated carbocycles. The summed E-state index contributed by atoms with van der Waals surface area (Å²) in [5, 5.41) is 13.7. The van der Waals surface area contributed by atoms with Crippen LogP contribution in [0, 0.1) is 0 Å². The third kappa shape index (κ3) is 2.70. The fourth-order valence-electron chi connectivity index (χ4n) is 2.40. The number of hydrogen-bond acceptors (Lipinski definition) is 4. The monoisotopic (exact) mass is 288 g/mol. The quantitative estimate of drug-likeness (QED) is 0.932. The van der Waals surface area contributed by atoms with Gasteiger partial charge in [-0.05, 0) is 18.9 Å². The topological polar surface area (TPSA) is 70.7 Å². The molecule has 0 radical (unpaired) electrons. The maximum absolute atomic E-state index is 11.1. The van der Waals surface area contributed by atoms with E-state index in [1.165, 1.54) is 0 Å². The Morgan fingerprint density at radius 2 is 2.19 bits per heavy atom. The normalized spacial score (nSPS) is 15.4. The Morgan fingerprint density at radius 1 is 1.48 bits per heavy atom. The molecule has 3 rings (SSSR count). The number of carbonyl (C=O) groups is 1. The van der Waals surface area contributed by atoms with E-state index in [0.29, 0.717) is 5.82 Å². The van der Waals surface area contributed by atoms with Gasteiger partial charge in [0, 0.05) is 23.9 Å². The highest BCUT2D eigenvalue weighted by atomic mass is 16.4. The predicted octanol–water partition coefficient (Wildman–Crippen LogP) is 2.08. The van der Waals surface area contributed by atoms with Gasteiger partial charge in [0.05, 0.1) is 5.69 Å². The second-order valence-electron chi connectivity index (χ2n) is 6.61. The van der Waals surface area contributed by atoms with Gasteiger partial charge in [-0.2, -0.15) is 5.10 Å². The van der Waals surface area contributed by atoms with Crippen molar-refractivity contribution in [2.24, 2.45) is 0 Å². The van der Waals surface area contributed by atoms with E-state index < -0.39 is 5.97 Å². The molecule has 1 fully saturated rings. The van der Waals surface area contributed by atoms with Gasteiger partial charge < -0.3 is 10.0 Å². The number of hydrogen-bond donors (Lipinski definition) is 1. The Bertz CT molecular complexity index is 683. The van der Waals surface area contributed by atoms with E-state index in [-0.39, 0.29) is 18.0 Å². The maximum atomic E-state index is 11.1. The van der Waals surface area contributed by atoms with Gasteiger partial charge in [-0.15, -0.1) is 0 Å². The lowest BCUT2D eigenvalue weighted by Crippen LogP contribution is -2.32. The Hall–Kier alpha value is -2.11. The molecule has 1 N–H and O–H groups in total. The molecule has 112 valence electrons. The van der Waals surface area contributed by atoms with E-state index in [0.717, 1.165) is 24.1 Å². The van der Waals surface area contributed by atoms with E-state index in [1.54, 1.807) is 16.9 Å². The van der Waals surface area contributed by atoms with Gasteiger partial charge in [0.1, 0.15) is 12.1 Å². The van der Waals surface area contributed by atoms with Crippen LogP contribution in [0.2, 0.25) is 0 Å². The number of fused-ring (bicyclic) bond motifs is 1. The first kappa shape index (κ1) is 13.9. The Morgan fingerprint density at radius 3 is 2.76 bits per heavy atom. The lowest BCUT2D eigenvalue weighted by Gasteiger charge is -2.21. The van der Waals surface area contributed by atoms with Crippen LogP contribution in [0.3, 0.4) is 0 Å². The average Bonchev–Trinajstić information content (AvgIpc) is 3.11. The summed E-state index contributed by atoms with van der Waals surface area (Å²) in [4.78, 5) is 17.4. The first-order valence-electron chi connectivity index (χ1n) is 7.19. The minimum atomic E-state index is -0.832. The zero-order valence-electron chi connectivity index (χ0n) is 12.6. The van der Waals surface area contributed by atoms with Crippen LogP contribution in [0.4, 0.5) is 5.82 Å². The average molecular weight is 288 g/mol. The first-order chi connectivity index (χ1) is 9.86. The van der Waals surface area contributed by atoms with Crippen molar-refractivity contribution in [1.82, 2.24) is 14.6 Å². The minimum absolute atomic E-state index is 0.0205. The molecule has 6 nitrogen and oxygen atoms in total. The highest BCUT2D eigenvalue weighted by Gasteiger charge is 2.33. The van der Waals surface area contributed by atoms with E-state index >= 15 is 0 Å². The molecule has 0 aromatic carbocycles. The van der Waals surface area contributed by atoms with Gasteiger partial charge in [0.25, 0.3) is 0 Å². The van der Waals surface area contributed by atoms with Crippen molar-refractivity contribution < 1.29 is 9.90 Å². The third-order valence-electron chi connectivity index (χ3n) is 3.70. The predicted molar refractivity (Wildman–Crippen MR) is 79.7 cm³/mol. The molecule has 0 amide bonds. The van der Waals surface area contributed by atoms with Crippen LogP contribution in [0.25, 0.3) is 5.52 Å². The van der Waals surface area contributed by atoms with Crippen molar-refractivity contribution in [2.45, 2.75) is 45.1 Å². The standard InChI is InChI=1S/C15H20N4O2/c1-15(2,3)12-8-11-14(16-6-7-19(11)17-12)18(9-13(20)21)10-4-5-10/h6-8,10H,4-5,9H2,1-3H3,(H,20,21). The van der Waals surface area contributed by atoms with Crippen LogP contribution in [0.5, 0.6) is 0 Å². The summed E-state index contributed by atoms with van der Waals surface area (Å²) in [5.74, 6) is -0.119. The van der Waals surface area contributed by atoms with E-state index in [2.05, 4.69) is 30.9 Å². The number of carboxylic acid groups (broad SMARTS) is 1. The first-order valence-corrected chi connectivity index (χ1v) is 7.19. The summed E-state index contributed by atoms with van der Waals surface area (Å²) in [6.45, 7) is 6.31. The Balaban J connectivity index is 2.08. The van der Waals surface area contributed by atoms with Crippen molar-refractivity contribution in [3.05, 3.63) is 24.2 Å². The van der Waals surface area contributed by atoms with Gasteiger partial charge in [0.2, 0.25) is 0 Å². The molecule has 0 aliphatic heterocycles. The van der Waals surface area contributed by atoms with Crippen LogP contribution in [-0.4, -0.2) is 38.3 Å². The molecule has 2 aromatic heterocycles. The van der Waals surface area contributed by atoms with Crippen molar-refractivity contribution in [3.8, 4) is 0 Å². The molecule has 0 atom stereocenters. The highest BCUT2D eigenvalue weighted by Crippen LogP contribution is 2.33. The van der Waals surface area contributed by atoms with Crippen LogP contribution >= 0.6 is 0 Å². The molecule has 1 aliphatic rings. The van der Waals surface area contributed by atoms with Gasteiger partial charge in [-0.25, -0.2) is 9.50 Å². The number of rotatable bonds is 4. The zero-order chi connectivity index (χ0) is 15.2. The van der Waals surface area contributed by atoms with Gasteiger partial charge in [-0.1, -0.05) is 20.8 Å². The molecule has 6 heteroatoms. The third-order valence-corrected chi connectivity index (χ3v) is 3.70. The van der Waals surface area contributed by atoms with Crippen molar-refractivity contribution in [2.75, 3.05) is 11.4 Å². The molecule has 0 spiro atoms. The molecule has 1 aliphatic carbocycles. The Kier molecular flexibility index (Phi) is 3.11. The van der Waals surface area contributed by atoms with E-state index in [1.807, 2.05) is 11.0 Å². The summed E-state index contributed by atoms with van der Waals surface area (Å²) in [6, 6.07) is 2.30. The van der Waals surface area contributed by atoms with Gasteiger partial charge >= 0.3 is 5.97 Å². The highest BCUT2D eigenvalue weighted by molar-refractivity contribution is 5.78. The fraction of sp³-hybridized carbons (Fsp3) is 0.533. The smallest absolute Gasteiger partial charge is 0.323 e. The maximum Gasteiger partial charge on any atom is 0.323 e. The van der Waals surface area contributed by atoms with E-state index in [4.69, 9.17) is 5.11 Å². The number of aliphatic carboxylic acids is 1. The van der Waals surface area contributed by atoms with Crippen molar-refractivity contribution >= 4 is 17.3 Å². The molecule has 2 heterocycles. The SMILES string of the molecule is CC(C)(C)c1cc2c(N(CC(=O)O)C3CC3)nccn2n1. The van der Waals surface area contributed by atoms with Gasteiger partial charge in [-0.3, -0.25) is 4.79 Å². The molecule has 0 saturated heterocycles. The number of carboxylic acids is 1. The second-order valence-corrected chi connectivity index (χ2v) is 6.61. The number of anilines is 1. The van der Waals surface area contributed by atoms with Crippen LogP contribution in [0.1, 0.15) is 39.3 Å². The van der Waals surface area contributed by atoms with Gasteiger partial charge in [0.15, 0.2) is 5.82 Å². The van der Waals surface area contributed by atoms with Crippen LogP contribution in [0.15, 0.2) is 18.5 Å². The van der Waals surface area contributed by atoms with Crippen molar-refractivity contribution in [3.63, 3.8) is 0 Å². The summed E-state index contributed by atoms with van der Waals surface area (Å²) in [7, 11) is 0. The van der Waals surface area contributed by atoms with Crippen molar-refractivity contribution in [1.29, 1.82) is 0 Å². The van der Waals surface area contributed by atoms with Crippen LogP contribution < -0.4 is 4.90 Å². The second kappa shape index (κ2) is 4.72. The lowest BCUT2D eigenvalue weighted by molar-refractivity contribution is -0.135. The summed E-state index contributed by atoms with van der Waals surface area (Å²) < 4.78 is 1.79. The van der Waals surface area contributed by atoms with E-state index in [9.17, 15) is 4.79 Å². The number of nitrogens with zero attached hydrogens (tertiary/aromatic N) is 4. The molecule has 2 aromatic rings. The molecule has 21 heavy (non-hydrogen) atoms. The molecule has 0 unspecified atom stereocenters. The minimum Gasteiger partial charge on any atom is -0.480 e. The zero-order valence-corrected chi connectivity index (χ0v) is 12.6. The summed E-state index contributed by atoms with van der Waals surface area (Å²) in [6.07, 6.45) is 5.53. The molecular weight excluding hydrogens is 268 g/mol. The Labute approximate surface area is 123 Å². The van der Waals surface area contributed by atoms with Crippen LogP contribution in [-0.2, 0) is 10.2 Å². The molecular formula is C15H20N4O2. The largest absolute Gasteiger partial charge is 0.480 e. The lowest BCUT2D eigenvalue weighted by atomic mass is 9.92. The fourth-order valence-corrected chi connectivity index (χ4v) is 2.40. The summed E-state index contributed by atoms with van der Waals surface area (Å²) >= 11 is 0. The number of aromatic nitrogens is 3. The molecule has 0 bridgehead atoms. The summed E-state index contributed by atoms with van der Waals surface area (Å²) in [5.41, 5.74) is 1.79.